The van der Waals surface area contributed by atoms with E-state index >= 15 is 0 Å². The largest absolute Gasteiger partial charge is 0.497 e. The van der Waals surface area contributed by atoms with Crippen LogP contribution in [0.25, 0.3) is 22.0 Å². The molecule has 29 heavy (non-hydrogen) atoms. The van der Waals surface area contributed by atoms with Crippen LogP contribution in [0, 0.1) is 0 Å². The van der Waals surface area contributed by atoms with E-state index < -0.39 is 5.91 Å². The first-order chi connectivity index (χ1) is 14.1. The van der Waals surface area contributed by atoms with E-state index in [2.05, 4.69) is 5.32 Å². The molecule has 0 radical (unpaired) electrons. The predicted molar refractivity (Wildman–Crippen MR) is 116 cm³/mol. The van der Waals surface area contributed by atoms with Gasteiger partial charge in [-0.3, -0.25) is 9.59 Å². The van der Waals surface area contributed by atoms with Crippen LogP contribution >= 0.6 is 0 Å². The Morgan fingerprint density at radius 1 is 0.897 bits per heavy atom. The first kappa shape index (κ1) is 18.5. The number of aromatic nitrogens is 1. The van der Waals surface area contributed by atoms with Crippen LogP contribution in [0.5, 0.6) is 5.75 Å². The fourth-order valence-electron chi connectivity index (χ4n) is 3.48. The lowest BCUT2D eigenvalue weighted by atomic mass is 9.95. The van der Waals surface area contributed by atoms with Crippen LogP contribution in [0.2, 0.25) is 0 Å². The van der Waals surface area contributed by atoms with Crippen molar-refractivity contribution >= 4 is 22.5 Å². The Morgan fingerprint density at radius 2 is 1.55 bits per heavy atom. The average molecular weight is 384 g/mol. The number of hydrogen-bond donors (Lipinski definition) is 1. The Kier molecular flexibility index (Phi) is 4.87. The van der Waals surface area contributed by atoms with Crippen LogP contribution in [0.3, 0.4) is 0 Å². The lowest BCUT2D eigenvalue weighted by molar-refractivity contribution is 0.102. The molecular formula is C24H20N2O3. The van der Waals surface area contributed by atoms with E-state index in [0.717, 1.165) is 16.5 Å². The quantitative estimate of drug-likeness (QED) is 0.565. The number of anilines is 1. The van der Waals surface area contributed by atoms with Crippen molar-refractivity contribution in [3.63, 3.8) is 0 Å². The summed E-state index contributed by atoms with van der Waals surface area (Å²) in [5, 5.41) is 3.69. The summed E-state index contributed by atoms with van der Waals surface area (Å²) in [6.45, 7) is 0. The molecule has 4 aromatic rings. The van der Waals surface area contributed by atoms with Gasteiger partial charge in [-0.15, -0.1) is 0 Å². The number of para-hydroxylation sites is 1. The molecule has 1 amide bonds. The van der Waals surface area contributed by atoms with Crippen molar-refractivity contribution in [2.45, 2.75) is 0 Å². The average Bonchev–Trinajstić information content (AvgIpc) is 2.77. The van der Waals surface area contributed by atoms with Crippen LogP contribution in [0.15, 0.2) is 83.7 Å². The zero-order chi connectivity index (χ0) is 20.4. The van der Waals surface area contributed by atoms with Gasteiger partial charge in [0.15, 0.2) is 0 Å². The van der Waals surface area contributed by atoms with E-state index in [-0.39, 0.29) is 11.1 Å². The van der Waals surface area contributed by atoms with Gasteiger partial charge in [0.2, 0.25) is 0 Å². The van der Waals surface area contributed by atoms with Gasteiger partial charge in [-0.25, -0.2) is 0 Å². The minimum Gasteiger partial charge on any atom is -0.497 e. The van der Waals surface area contributed by atoms with Crippen LogP contribution in [0.1, 0.15) is 10.4 Å². The maximum atomic E-state index is 13.2. The Labute approximate surface area is 168 Å². The van der Waals surface area contributed by atoms with Gasteiger partial charge >= 0.3 is 0 Å². The molecule has 0 aliphatic carbocycles. The van der Waals surface area contributed by atoms with Gasteiger partial charge in [0.1, 0.15) is 11.3 Å². The number of hydrogen-bond acceptors (Lipinski definition) is 3. The number of carbonyl (C=O) groups is 1. The van der Waals surface area contributed by atoms with Gasteiger partial charge in [0, 0.05) is 23.7 Å². The standard InChI is InChI=1S/C24H20N2O3/c1-26-20-11-7-6-10-19(20)21(16-8-4-3-5-9-16)22(24(26)28)23(27)25-17-12-14-18(29-2)15-13-17/h3-15H,1-2H3,(H,25,27). The highest BCUT2D eigenvalue weighted by molar-refractivity contribution is 6.13. The molecule has 0 unspecified atom stereocenters. The number of nitrogens with one attached hydrogen (secondary N) is 1. The molecule has 1 aromatic heterocycles. The smallest absolute Gasteiger partial charge is 0.264 e. The summed E-state index contributed by atoms with van der Waals surface area (Å²) in [6.07, 6.45) is 0. The summed E-state index contributed by atoms with van der Waals surface area (Å²) in [6, 6.07) is 24.1. The molecular weight excluding hydrogens is 364 g/mol. The molecule has 3 aromatic carbocycles. The molecule has 0 aliphatic heterocycles. The number of rotatable bonds is 4. The fraction of sp³-hybridized carbons (Fsp3) is 0.0833. The lowest BCUT2D eigenvalue weighted by Crippen LogP contribution is -2.29. The second-order valence-corrected chi connectivity index (χ2v) is 6.68. The molecule has 0 saturated carbocycles. The lowest BCUT2D eigenvalue weighted by Gasteiger charge is -2.16. The fourth-order valence-corrected chi connectivity index (χ4v) is 3.48. The molecule has 0 bridgehead atoms. The number of benzene rings is 3. The van der Waals surface area contributed by atoms with Crippen LogP contribution in [0.4, 0.5) is 5.69 Å². The minimum atomic E-state index is -0.444. The Morgan fingerprint density at radius 3 is 2.24 bits per heavy atom. The van der Waals surface area contributed by atoms with Gasteiger partial charge in [-0.05, 0) is 35.9 Å². The summed E-state index contributed by atoms with van der Waals surface area (Å²) < 4.78 is 6.67. The van der Waals surface area contributed by atoms with E-state index in [1.165, 1.54) is 4.57 Å². The number of ether oxygens (including phenoxy) is 1. The van der Waals surface area contributed by atoms with Crippen LogP contribution in [-0.4, -0.2) is 17.6 Å². The molecule has 1 N–H and O–H groups in total. The van der Waals surface area contributed by atoms with E-state index in [4.69, 9.17) is 4.74 Å². The summed E-state index contributed by atoms with van der Waals surface area (Å²) in [5.41, 5.74) is 2.60. The van der Waals surface area contributed by atoms with E-state index in [0.29, 0.717) is 17.0 Å². The molecule has 144 valence electrons. The van der Waals surface area contributed by atoms with E-state index in [1.807, 2.05) is 54.6 Å². The Hall–Kier alpha value is -3.86. The third-order valence-electron chi connectivity index (χ3n) is 4.94. The Balaban J connectivity index is 1.91. The molecule has 4 rings (SSSR count). The van der Waals surface area contributed by atoms with Gasteiger partial charge in [0.05, 0.1) is 12.6 Å². The predicted octanol–water partition coefficient (Wildman–Crippen LogP) is 4.47. The first-order valence-electron chi connectivity index (χ1n) is 9.22. The molecule has 0 atom stereocenters. The molecule has 1 heterocycles. The maximum Gasteiger partial charge on any atom is 0.264 e. The van der Waals surface area contributed by atoms with Crippen molar-refractivity contribution in [2.24, 2.45) is 7.05 Å². The first-order valence-corrected chi connectivity index (χ1v) is 9.22. The normalized spacial score (nSPS) is 10.7. The zero-order valence-corrected chi connectivity index (χ0v) is 16.2. The maximum absolute atomic E-state index is 13.2. The second kappa shape index (κ2) is 7.64. The minimum absolute atomic E-state index is 0.119. The number of amides is 1. The third-order valence-corrected chi connectivity index (χ3v) is 4.94. The number of fused-ring (bicyclic) bond motifs is 1. The van der Waals surface area contributed by atoms with Crippen LogP contribution in [-0.2, 0) is 7.05 Å². The summed E-state index contributed by atoms with van der Waals surface area (Å²) in [5.74, 6) is 0.245. The number of pyridine rings is 1. The van der Waals surface area contributed by atoms with E-state index in [1.54, 1.807) is 38.4 Å². The van der Waals surface area contributed by atoms with Gasteiger partial charge in [0.25, 0.3) is 11.5 Å². The van der Waals surface area contributed by atoms with E-state index in [9.17, 15) is 9.59 Å². The van der Waals surface area contributed by atoms with Crippen molar-refractivity contribution in [3.05, 3.63) is 94.8 Å². The number of methoxy groups -OCH3 is 1. The highest BCUT2D eigenvalue weighted by Gasteiger charge is 2.22. The van der Waals surface area contributed by atoms with Crippen molar-refractivity contribution < 1.29 is 9.53 Å². The van der Waals surface area contributed by atoms with Crippen LogP contribution < -0.4 is 15.6 Å². The van der Waals surface area contributed by atoms with Gasteiger partial charge in [-0.1, -0.05) is 48.5 Å². The van der Waals surface area contributed by atoms with Crippen molar-refractivity contribution in [1.82, 2.24) is 4.57 Å². The summed E-state index contributed by atoms with van der Waals surface area (Å²) in [7, 11) is 3.27. The third kappa shape index (κ3) is 3.38. The molecule has 0 saturated heterocycles. The molecule has 0 fully saturated rings. The van der Waals surface area contributed by atoms with Gasteiger partial charge < -0.3 is 14.6 Å². The molecule has 0 spiro atoms. The molecule has 5 heteroatoms. The number of carbonyl (C=O) groups excluding carboxylic acids is 1. The number of nitrogens with zero attached hydrogens (tertiary/aromatic N) is 1. The highest BCUT2D eigenvalue weighted by Crippen LogP contribution is 2.30. The topological polar surface area (TPSA) is 60.3 Å². The molecule has 5 nitrogen and oxygen atoms in total. The monoisotopic (exact) mass is 384 g/mol. The highest BCUT2D eigenvalue weighted by atomic mass is 16.5. The number of aryl methyl sites for hydroxylation is 1. The zero-order valence-electron chi connectivity index (χ0n) is 16.2. The SMILES string of the molecule is COc1ccc(NC(=O)c2c(-c3ccccc3)c3ccccc3n(C)c2=O)cc1. The second-order valence-electron chi connectivity index (χ2n) is 6.68. The summed E-state index contributed by atoms with van der Waals surface area (Å²) in [4.78, 5) is 26.4. The van der Waals surface area contributed by atoms with Crippen molar-refractivity contribution in [3.8, 4) is 16.9 Å². The van der Waals surface area contributed by atoms with Crippen molar-refractivity contribution in [1.29, 1.82) is 0 Å². The summed E-state index contributed by atoms with van der Waals surface area (Å²) >= 11 is 0. The Bertz CT molecular complexity index is 1240. The molecule has 0 aliphatic rings. The van der Waals surface area contributed by atoms with Crippen molar-refractivity contribution in [2.75, 3.05) is 12.4 Å². The van der Waals surface area contributed by atoms with Gasteiger partial charge in [-0.2, -0.15) is 0 Å².